The van der Waals surface area contributed by atoms with E-state index >= 15 is 0 Å². The number of hydrogen-bond donors (Lipinski definition) is 2. The SMILES string of the molecule is N#Cc1cccc(COc2cccc(NC(=O)c3ccc[nH]c3=O)c2)c1. The van der Waals surface area contributed by atoms with Gasteiger partial charge < -0.3 is 15.0 Å². The van der Waals surface area contributed by atoms with Gasteiger partial charge >= 0.3 is 0 Å². The van der Waals surface area contributed by atoms with Crippen molar-refractivity contribution in [3.63, 3.8) is 0 Å². The summed E-state index contributed by atoms with van der Waals surface area (Å²) < 4.78 is 5.71. The molecule has 0 radical (unpaired) electrons. The summed E-state index contributed by atoms with van der Waals surface area (Å²) in [5.41, 5.74) is 1.54. The second kappa shape index (κ2) is 7.81. The van der Waals surface area contributed by atoms with Crippen LogP contribution in [0.3, 0.4) is 0 Å². The number of aromatic amines is 1. The van der Waals surface area contributed by atoms with E-state index in [2.05, 4.69) is 16.4 Å². The number of hydrogen-bond acceptors (Lipinski definition) is 4. The average Bonchev–Trinajstić information content (AvgIpc) is 2.67. The van der Waals surface area contributed by atoms with Gasteiger partial charge in [0.15, 0.2) is 0 Å². The Hall–Kier alpha value is -3.85. The zero-order valence-electron chi connectivity index (χ0n) is 13.7. The van der Waals surface area contributed by atoms with E-state index in [1.807, 2.05) is 6.07 Å². The molecule has 0 bridgehead atoms. The molecular weight excluding hydrogens is 330 g/mol. The Balaban J connectivity index is 1.68. The van der Waals surface area contributed by atoms with Crippen LogP contribution in [0.5, 0.6) is 5.75 Å². The molecule has 3 aromatic rings. The zero-order chi connectivity index (χ0) is 18.4. The van der Waals surface area contributed by atoms with E-state index in [1.54, 1.807) is 48.5 Å². The molecule has 0 spiro atoms. The summed E-state index contributed by atoms with van der Waals surface area (Å²) in [4.78, 5) is 26.3. The number of ether oxygens (including phenoxy) is 1. The van der Waals surface area contributed by atoms with Crippen molar-refractivity contribution in [2.45, 2.75) is 6.61 Å². The number of rotatable bonds is 5. The second-order valence-electron chi connectivity index (χ2n) is 5.50. The number of nitrogens with zero attached hydrogens (tertiary/aromatic N) is 1. The van der Waals surface area contributed by atoms with Gasteiger partial charge in [-0.2, -0.15) is 5.26 Å². The Morgan fingerprint density at radius 2 is 1.96 bits per heavy atom. The largest absolute Gasteiger partial charge is 0.489 e. The fraction of sp³-hybridized carbons (Fsp3) is 0.0500. The molecule has 0 aliphatic heterocycles. The minimum Gasteiger partial charge on any atom is -0.489 e. The van der Waals surface area contributed by atoms with Crippen molar-refractivity contribution in [2.24, 2.45) is 0 Å². The summed E-state index contributed by atoms with van der Waals surface area (Å²) in [7, 11) is 0. The van der Waals surface area contributed by atoms with Crippen LogP contribution in [0.2, 0.25) is 0 Å². The lowest BCUT2D eigenvalue weighted by atomic mass is 10.1. The molecule has 128 valence electrons. The van der Waals surface area contributed by atoms with Crippen molar-refractivity contribution in [3.8, 4) is 11.8 Å². The number of nitrogens with one attached hydrogen (secondary N) is 2. The molecule has 0 atom stereocenters. The molecule has 26 heavy (non-hydrogen) atoms. The number of amides is 1. The molecule has 3 rings (SSSR count). The second-order valence-corrected chi connectivity index (χ2v) is 5.50. The summed E-state index contributed by atoms with van der Waals surface area (Å²) >= 11 is 0. The van der Waals surface area contributed by atoms with E-state index in [-0.39, 0.29) is 5.56 Å². The van der Waals surface area contributed by atoms with Crippen LogP contribution in [0.25, 0.3) is 0 Å². The summed E-state index contributed by atoms with van der Waals surface area (Å²) in [5.74, 6) is 0.0675. The third-order valence-corrected chi connectivity index (χ3v) is 3.62. The lowest BCUT2D eigenvalue weighted by Gasteiger charge is -2.09. The van der Waals surface area contributed by atoms with Gasteiger partial charge in [0.25, 0.3) is 11.5 Å². The summed E-state index contributed by atoms with van der Waals surface area (Å²) in [6.45, 7) is 0.297. The van der Waals surface area contributed by atoms with E-state index in [4.69, 9.17) is 10.00 Å². The van der Waals surface area contributed by atoms with Gasteiger partial charge in [0.2, 0.25) is 0 Å². The molecule has 0 aliphatic carbocycles. The molecule has 2 N–H and O–H groups in total. The van der Waals surface area contributed by atoms with Gasteiger partial charge in [0.05, 0.1) is 11.6 Å². The molecule has 2 aromatic carbocycles. The highest BCUT2D eigenvalue weighted by Crippen LogP contribution is 2.19. The standard InChI is InChI=1S/C20H15N3O3/c21-12-14-4-1-5-15(10-14)13-26-17-7-2-6-16(11-17)23-20(25)18-8-3-9-22-19(18)24/h1-11H,13H2,(H,22,24)(H,23,25). The third kappa shape index (κ3) is 4.16. The number of benzene rings is 2. The predicted octanol–water partition coefficient (Wildman–Crippen LogP) is 3.08. The minimum absolute atomic E-state index is 0.0344. The Morgan fingerprint density at radius 3 is 2.77 bits per heavy atom. The van der Waals surface area contributed by atoms with Gasteiger partial charge in [-0.3, -0.25) is 9.59 Å². The third-order valence-electron chi connectivity index (χ3n) is 3.62. The lowest BCUT2D eigenvalue weighted by Crippen LogP contribution is -2.22. The van der Waals surface area contributed by atoms with Crippen LogP contribution in [0.15, 0.2) is 71.7 Å². The maximum atomic E-state index is 12.2. The molecule has 1 aromatic heterocycles. The fourth-order valence-corrected chi connectivity index (χ4v) is 2.36. The highest BCUT2D eigenvalue weighted by molar-refractivity contribution is 6.04. The van der Waals surface area contributed by atoms with E-state index < -0.39 is 11.5 Å². The smallest absolute Gasteiger partial charge is 0.261 e. The topological polar surface area (TPSA) is 95.0 Å². The van der Waals surface area contributed by atoms with Crippen molar-refractivity contribution < 1.29 is 9.53 Å². The van der Waals surface area contributed by atoms with Gasteiger partial charge in [-0.1, -0.05) is 18.2 Å². The summed E-state index contributed by atoms with van der Waals surface area (Å²) in [6, 6.07) is 19.2. The fourth-order valence-electron chi connectivity index (χ4n) is 2.36. The number of carbonyl (C=O) groups is 1. The highest BCUT2D eigenvalue weighted by atomic mass is 16.5. The Kier molecular flexibility index (Phi) is 5.11. The van der Waals surface area contributed by atoms with E-state index in [0.29, 0.717) is 23.6 Å². The van der Waals surface area contributed by atoms with Crippen molar-refractivity contribution in [1.29, 1.82) is 5.26 Å². The Morgan fingerprint density at radius 1 is 1.12 bits per heavy atom. The first-order chi connectivity index (χ1) is 12.7. The van der Waals surface area contributed by atoms with Crippen molar-refractivity contribution in [2.75, 3.05) is 5.32 Å². The maximum absolute atomic E-state index is 12.2. The van der Waals surface area contributed by atoms with Crippen LogP contribution in [0, 0.1) is 11.3 Å². The minimum atomic E-state index is -0.495. The molecule has 0 saturated carbocycles. The quantitative estimate of drug-likeness (QED) is 0.743. The van der Waals surface area contributed by atoms with Gasteiger partial charge in [0.1, 0.15) is 17.9 Å². The lowest BCUT2D eigenvalue weighted by molar-refractivity contribution is 0.102. The number of carbonyl (C=O) groups excluding carboxylic acids is 1. The van der Waals surface area contributed by atoms with Crippen LogP contribution in [0.1, 0.15) is 21.5 Å². The molecule has 6 nitrogen and oxygen atoms in total. The number of H-pyrrole nitrogens is 1. The predicted molar refractivity (Wildman–Crippen MR) is 96.9 cm³/mol. The first-order valence-corrected chi connectivity index (χ1v) is 7.86. The first kappa shape index (κ1) is 17.0. The molecule has 1 heterocycles. The zero-order valence-corrected chi connectivity index (χ0v) is 13.7. The van der Waals surface area contributed by atoms with E-state index in [0.717, 1.165) is 5.56 Å². The van der Waals surface area contributed by atoms with Crippen molar-refractivity contribution in [3.05, 3.63) is 93.9 Å². The highest BCUT2D eigenvalue weighted by Gasteiger charge is 2.10. The summed E-state index contributed by atoms with van der Waals surface area (Å²) in [5, 5.41) is 11.6. The molecule has 0 saturated heterocycles. The molecule has 0 aliphatic rings. The number of pyridine rings is 1. The molecule has 0 fully saturated rings. The van der Waals surface area contributed by atoms with Crippen LogP contribution < -0.4 is 15.6 Å². The number of nitriles is 1. The van der Waals surface area contributed by atoms with Gasteiger partial charge in [-0.25, -0.2) is 0 Å². The molecule has 6 heteroatoms. The number of aromatic nitrogens is 1. The van der Waals surface area contributed by atoms with Crippen LogP contribution in [-0.2, 0) is 6.61 Å². The first-order valence-electron chi connectivity index (χ1n) is 7.86. The maximum Gasteiger partial charge on any atom is 0.261 e. The Labute approximate surface area is 149 Å². The van der Waals surface area contributed by atoms with Crippen LogP contribution >= 0.6 is 0 Å². The average molecular weight is 345 g/mol. The molecule has 0 unspecified atom stereocenters. The van der Waals surface area contributed by atoms with E-state index in [1.165, 1.54) is 12.3 Å². The van der Waals surface area contributed by atoms with Crippen LogP contribution in [-0.4, -0.2) is 10.9 Å². The molecular formula is C20H15N3O3. The van der Waals surface area contributed by atoms with Crippen molar-refractivity contribution in [1.82, 2.24) is 4.98 Å². The van der Waals surface area contributed by atoms with Gasteiger partial charge in [0, 0.05) is 18.0 Å². The van der Waals surface area contributed by atoms with Crippen molar-refractivity contribution >= 4 is 11.6 Å². The normalized spacial score (nSPS) is 9.96. The van der Waals surface area contributed by atoms with Crippen LogP contribution in [0.4, 0.5) is 5.69 Å². The number of anilines is 1. The van der Waals surface area contributed by atoms with Gasteiger partial charge in [-0.15, -0.1) is 0 Å². The van der Waals surface area contributed by atoms with E-state index in [9.17, 15) is 9.59 Å². The Bertz CT molecular complexity index is 1030. The monoisotopic (exact) mass is 345 g/mol. The molecule has 1 amide bonds. The van der Waals surface area contributed by atoms with Gasteiger partial charge in [-0.05, 0) is 42.0 Å². The summed E-state index contributed by atoms with van der Waals surface area (Å²) in [6.07, 6.45) is 1.47.